The molecule has 6 heteroatoms. The van der Waals surface area contributed by atoms with Gasteiger partial charge in [-0.15, -0.1) is 0 Å². The number of non-ortho nitro benzene ring substituents is 1. The van der Waals surface area contributed by atoms with E-state index in [1.165, 1.54) is 12.1 Å². The van der Waals surface area contributed by atoms with Crippen molar-refractivity contribution < 1.29 is 4.92 Å². The third-order valence-electron chi connectivity index (χ3n) is 3.29. The van der Waals surface area contributed by atoms with Gasteiger partial charge in [0.1, 0.15) is 0 Å². The van der Waals surface area contributed by atoms with Gasteiger partial charge in [-0.2, -0.15) is 0 Å². The van der Waals surface area contributed by atoms with Crippen LogP contribution in [0.1, 0.15) is 24.4 Å². The van der Waals surface area contributed by atoms with Gasteiger partial charge in [-0.1, -0.05) is 12.1 Å². The molecule has 0 bridgehead atoms. The number of imidazole rings is 1. The highest BCUT2D eigenvalue weighted by molar-refractivity contribution is 5.34. The Balaban J connectivity index is 1.87. The Morgan fingerprint density at radius 1 is 1.32 bits per heavy atom. The second-order valence-electron chi connectivity index (χ2n) is 4.77. The van der Waals surface area contributed by atoms with E-state index in [4.69, 9.17) is 0 Å². The fourth-order valence-electron chi connectivity index (χ4n) is 2.14. The van der Waals surface area contributed by atoms with Crippen molar-refractivity contribution in [3.05, 3.63) is 62.8 Å². The number of aromatic nitrogens is 2. The first kappa shape index (κ1) is 11.7. The van der Waals surface area contributed by atoms with Crippen LogP contribution in [0.3, 0.4) is 0 Å². The molecule has 0 aliphatic heterocycles. The van der Waals surface area contributed by atoms with Crippen molar-refractivity contribution in [2.45, 2.75) is 25.4 Å². The van der Waals surface area contributed by atoms with E-state index < -0.39 is 4.92 Å². The van der Waals surface area contributed by atoms with E-state index >= 15 is 0 Å². The average Bonchev–Trinajstić information content (AvgIpc) is 3.17. The molecule has 0 spiro atoms. The smallest absolute Gasteiger partial charge is 0.296 e. The molecule has 1 aromatic carbocycles. The summed E-state index contributed by atoms with van der Waals surface area (Å²) in [6, 6.07) is 6.71. The minimum Gasteiger partial charge on any atom is -0.296 e. The summed E-state index contributed by atoms with van der Waals surface area (Å²) in [6.07, 6.45) is 5.64. The van der Waals surface area contributed by atoms with Crippen molar-refractivity contribution in [1.29, 1.82) is 0 Å². The van der Waals surface area contributed by atoms with Crippen molar-refractivity contribution in [2.24, 2.45) is 0 Å². The predicted molar refractivity (Wildman–Crippen MR) is 69.2 cm³/mol. The summed E-state index contributed by atoms with van der Waals surface area (Å²) < 4.78 is 3.31. The Labute approximate surface area is 109 Å². The van der Waals surface area contributed by atoms with Gasteiger partial charge in [0, 0.05) is 30.6 Å². The van der Waals surface area contributed by atoms with Crippen LogP contribution in [0.15, 0.2) is 41.5 Å². The molecule has 1 aromatic heterocycles. The van der Waals surface area contributed by atoms with Crippen molar-refractivity contribution in [3.63, 3.8) is 0 Å². The topological polar surface area (TPSA) is 70.1 Å². The zero-order chi connectivity index (χ0) is 13.4. The highest BCUT2D eigenvalue weighted by Crippen LogP contribution is 2.33. The van der Waals surface area contributed by atoms with Gasteiger partial charge < -0.3 is 0 Å². The maximum absolute atomic E-state index is 12.1. The van der Waals surface area contributed by atoms with E-state index in [0.717, 1.165) is 18.4 Å². The van der Waals surface area contributed by atoms with Crippen LogP contribution in [-0.2, 0) is 6.54 Å². The Hall–Kier alpha value is -2.37. The molecule has 0 saturated heterocycles. The van der Waals surface area contributed by atoms with E-state index in [0.29, 0.717) is 12.6 Å². The van der Waals surface area contributed by atoms with Gasteiger partial charge in [0.05, 0.1) is 11.5 Å². The van der Waals surface area contributed by atoms with Gasteiger partial charge in [-0.25, -0.2) is 4.79 Å². The fraction of sp³-hybridized carbons (Fsp3) is 0.308. The van der Waals surface area contributed by atoms with Crippen LogP contribution < -0.4 is 5.69 Å². The van der Waals surface area contributed by atoms with Crippen molar-refractivity contribution >= 4 is 5.69 Å². The lowest BCUT2D eigenvalue weighted by Crippen LogP contribution is -2.23. The highest BCUT2D eigenvalue weighted by Gasteiger charge is 2.25. The van der Waals surface area contributed by atoms with Crippen LogP contribution in [0.5, 0.6) is 0 Å². The molecular formula is C13H13N3O3. The molecule has 1 fully saturated rings. The Bertz CT molecular complexity index is 682. The Kier molecular flexibility index (Phi) is 2.70. The van der Waals surface area contributed by atoms with Gasteiger partial charge in [-0.3, -0.25) is 19.2 Å². The first-order chi connectivity index (χ1) is 9.15. The lowest BCUT2D eigenvalue weighted by atomic mass is 10.2. The van der Waals surface area contributed by atoms with Crippen molar-refractivity contribution in [2.75, 3.05) is 0 Å². The maximum Gasteiger partial charge on any atom is 0.328 e. The first-order valence-electron chi connectivity index (χ1n) is 6.16. The number of nitro benzene ring substituents is 1. The number of nitrogens with zero attached hydrogens (tertiary/aromatic N) is 3. The predicted octanol–water partition coefficient (Wildman–Crippen LogP) is 1.94. The number of rotatable bonds is 4. The summed E-state index contributed by atoms with van der Waals surface area (Å²) in [4.78, 5) is 22.3. The SMILES string of the molecule is O=c1n(Cc2cccc([N+](=O)[O-])c2)ccn1C1CC1. The van der Waals surface area contributed by atoms with Crippen LogP contribution in [0.25, 0.3) is 0 Å². The molecule has 0 radical (unpaired) electrons. The molecule has 2 aromatic rings. The van der Waals surface area contributed by atoms with Crippen molar-refractivity contribution in [3.8, 4) is 0 Å². The normalized spacial score (nSPS) is 14.5. The zero-order valence-electron chi connectivity index (χ0n) is 10.2. The fourth-order valence-corrected chi connectivity index (χ4v) is 2.14. The van der Waals surface area contributed by atoms with Gasteiger partial charge in [0.2, 0.25) is 0 Å². The van der Waals surface area contributed by atoms with E-state index in [1.807, 2.05) is 0 Å². The van der Waals surface area contributed by atoms with Crippen LogP contribution in [0.2, 0.25) is 0 Å². The molecule has 0 unspecified atom stereocenters. The number of hydrogen-bond acceptors (Lipinski definition) is 3. The minimum atomic E-state index is -0.429. The molecule has 1 aliphatic rings. The van der Waals surface area contributed by atoms with Gasteiger partial charge in [-0.05, 0) is 18.4 Å². The maximum atomic E-state index is 12.1. The standard InChI is InChI=1S/C13H13N3O3/c17-13-14(6-7-15(13)11-4-5-11)9-10-2-1-3-12(8-10)16(18)19/h1-3,6-8,11H,4-5,9H2. The van der Waals surface area contributed by atoms with Crippen molar-refractivity contribution in [1.82, 2.24) is 9.13 Å². The third-order valence-corrected chi connectivity index (χ3v) is 3.29. The summed E-state index contributed by atoms with van der Waals surface area (Å²) in [5, 5.41) is 10.7. The molecule has 0 N–H and O–H groups in total. The monoisotopic (exact) mass is 259 g/mol. The first-order valence-corrected chi connectivity index (χ1v) is 6.16. The van der Waals surface area contributed by atoms with Gasteiger partial charge in [0.15, 0.2) is 0 Å². The lowest BCUT2D eigenvalue weighted by molar-refractivity contribution is -0.384. The molecule has 1 aliphatic carbocycles. The average molecular weight is 259 g/mol. The van der Waals surface area contributed by atoms with E-state index in [1.54, 1.807) is 33.7 Å². The lowest BCUT2D eigenvalue weighted by Gasteiger charge is -2.02. The van der Waals surface area contributed by atoms with Crippen LogP contribution >= 0.6 is 0 Å². The molecule has 19 heavy (non-hydrogen) atoms. The van der Waals surface area contributed by atoms with Gasteiger partial charge in [0.25, 0.3) is 5.69 Å². The van der Waals surface area contributed by atoms with Crippen LogP contribution in [0.4, 0.5) is 5.69 Å². The zero-order valence-corrected chi connectivity index (χ0v) is 10.2. The van der Waals surface area contributed by atoms with Crippen LogP contribution in [-0.4, -0.2) is 14.1 Å². The number of benzene rings is 1. The van der Waals surface area contributed by atoms with E-state index in [9.17, 15) is 14.9 Å². The second-order valence-corrected chi connectivity index (χ2v) is 4.77. The Morgan fingerprint density at radius 3 is 2.79 bits per heavy atom. The second kappa shape index (κ2) is 4.38. The number of nitro groups is 1. The summed E-state index contributed by atoms with van der Waals surface area (Å²) in [5.41, 5.74) is 0.756. The quantitative estimate of drug-likeness (QED) is 0.622. The highest BCUT2D eigenvalue weighted by atomic mass is 16.6. The molecule has 0 atom stereocenters. The minimum absolute atomic E-state index is 0.0472. The van der Waals surface area contributed by atoms with E-state index in [-0.39, 0.29) is 11.4 Å². The summed E-state index contributed by atoms with van der Waals surface area (Å²) in [6.45, 7) is 0.361. The third kappa shape index (κ3) is 2.29. The Morgan fingerprint density at radius 2 is 2.11 bits per heavy atom. The summed E-state index contributed by atoms with van der Waals surface area (Å²) in [5.74, 6) is 0. The molecular weight excluding hydrogens is 246 g/mol. The molecule has 3 rings (SSSR count). The number of hydrogen-bond donors (Lipinski definition) is 0. The molecule has 6 nitrogen and oxygen atoms in total. The summed E-state index contributed by atoms with van der Waals surface area (Å²) in [7, 11) is 0. The van der Waals surface area contributed by atoms with E-state index in [2.05, 4.69) is 0 Å². The largest absolute Gasteiger partial charge is 0.328 e. The summed E-state index contributed by atoms with van der Waals surface area (Å²) >= 11 is 0. The molecule has 98 valence electrons. The molecule has 1 heterocycles. The van der Waals surface area contributed by atoms with Gasteiger partial charge >= 0.3 is 5.69 Å². The molecule has 0 amide bonds. The molecule has 1 saturated carbocycles. The van der Waals surface area contributed by atoms with Crippen LogP contribution in [0, 0.1) is 10.1 Å².